The van der Waals surface area contributed by atoms with Gasteiger partial charge in [0.05, 0.1) is 0 Å². The van der Waals surface area contributed by atoms with E-state index in [9.17, 15) is 0 Å². The molecule has 0 aromatic carbocycles. The van der Waals surface area contributed by atoms with Crippen LogP contribution in [0.1, 0.15) is 20.8 Å². The molecular formula is C6H15Br3NP. The molecule has 0 heterocycles. The van der Waals surface area contributed by atoms with E-state index >= 15 is 0 Å². The van der Waals surface area contributed by atoms with Crippen molar-refractivity contribution in [3.05, 3.63) is 0 Å². The van der Waals surface area contributed by atoms with E-state index < -0.39 is 0 Å². The first kappa shape index (κ1) is 15.3. The standard InChI is InChI=1S/C6H15N.Br3P/c1-4-7(5-2)6-3;1-4(2)3/h4-6H2,1-3H3;. The fourth-order valence-electron chi connectivity index (χ4n) is 0.671. The zero-order chi connectivity index (χ0) is 9.28. The summed E-state index contributed by atoms with van der Waals surface area (Å²) in [6.07, 6.45) is 0. The Labute approximate surface area is 95.3 Å². The van der Waals surface area contributed by atoms with Crippen molar-refractivity contribution in [2.45, 2.75) is 20.8 Å². The number of hydrogen-bond acceptors (Lipinski definition) is 1. The average molecular weight is 372 g/mol. The van der Waals surface area contributed by atoms with E-state index in [1.165, 1.54) is 19.6 Å². The van der Waals surface area contributed by atoms with Crippen LogP contribution >= 0.6 is 50.5 Å². The van der Waals surface area contributed by atoms with Crippen molar-refractivity contribution in [3.63, 3.8) is 0 Å². The van der Waals surface area contributed by atoms with Crippen LogP contribution in [0.2, 0.25) is 0 Å². The molecule has 0 saturated heterocycles. The molecule has 0 aromatic heterocycles. The lowest BCUT2D eigenvalue weighted by molar-refractivity contribution is 0.321. The summed E-state index contributed by atoms with van der Waals surface area (Å²) < 4.78 is -0.183. The summed E-state index contributed by atoms with van der Waals surface area (Å²) in [6.45, 7) is 10.1. The van der Waals surface area contributed by atoms with Crippen LogP contribution in [0.25, 0.3) is 0 Å². The minimum atomic E-state index is -0.183. The summed E-state index contributed by atoms with van der Waals surface area (Å²) in [4.78, 5) is 2.38. The number of nitrogens with zero attached hydrogens (tertiary/aromatic N) is 1. The van der Waals surface area contributed by atoms with Gasteiger partial charge in [0.15, 0.2) is 0 Å². The Morgan fingerprint density at radius 2 is 1.09 bits per heavy atom. The molecule has 0 unspecified atom stereocenters. The molecule has 0 aliphatic carbocycles. The molecule has 11 heavy (non-hydrogen) atoms. The second-order valence-electron chi connectivity index (χ2n) is 1.81. The normalized spacial score (nSPS) is 9.82. The molecule has 0 rings (SSSR count). The van der Waals surface area contributed by atoms with Crippen LogP contribution in [0.3, 0.4) is 0 Å². The number of hydrogen-bond donors (Lipinski definition) is 0. The predicted molar refractivity (Wildman–Crippen MR) is 67.2 cm³/mol. The third-order valence-corrected chi connectivity index (χ3v) is 1.34. The highest BCUT2D eigenvalue weighted by Crippen LogP contribution is 2.59. The highest BCUT2D eigenvalue weighted by molar-refractivity contribution is 9.93. The van der Waals surface area contributed by atoms with E-state index in [2.05, 4.69) is 72.1 Å². The monoisotopic (exact) mass is 369 g/mol. The molecule has 0 radical (unpaired) electrons. The third-order valence-electron chi connectivity index (χ3n) is 1.34. The van der Waals surface area contributed by atoms with Crippen LogP contribution in [-0.4, -0.2) is 24.5 Å². The Morgan fingerprint density at radius 1 is 0.909 bits per heavy atom. The van der Waals surface area contributed by atoms with Gasteiger partial charge in [0, 0.05) is 0 Å². The summed E-state index contributed by atoms with van der Waals surface area (Å²) in [7, 11) is 0. The van der Waals surface area contributed by atoms with Gasteiger partial charge in [-0.05, 0) is 66.1 Å². The summed E-state index contributed by atoms with van der Waals surface area (Å²) >= 11 is 9.51. The maximum atomic E-state index is 3.17. The molecule has 0 atom stereocenters. The molecule has 0 saturated carbocycles. The lowest BCUT2D eigenvalue weighted by Crippen LogP contribution is -2.21. The summed E-state index contributed by atoms with van der Waals surface area (Å²) in [5, 5.41) is 0. The Balaban J connectivity index is 0. The second kappa shape index (κ2) is 11.8. The van der Waals surface area contributed by atoms with Crippen LogP contribution < -0.4 is 0 Å². The number of rotatable bonds is 3. The first-order valence-electron chi connectivity index (χ1n) is 3.58. The maximum absolute atomic E-state index is 3.17. The second-order valence-corrected chi connectivity index (χ2v) is 17.1. The first-order chi connectivity index (χ1) is 5.08. The molecule has 0 aliphatic heterocycles. The molecule has 70 valence electrons. The molecular weight excluding hydrogens is 357 g/mol. The van der Waals surface area contributed by atoms with Gasteiger partial charge in [0.1, 0.15) is 4.03 Å². The summed E-state index contributed by atoms with van der Waals surface area (Å²) in [5.74, 6) is 0. The van der Waals surface area contributed by atoms with Crippen LogP contribution in [0, 0.1) is 0 Å². The highest BCUT2D eigenvalue weighted by Gasteiger charge is 1.89. The van der Waals surface area contributed by atoms with Crippen molar-refractivity contribution in [2.24, 2.45) is 0 Å². The molecule has 0 bridgehead atoms. The van der Waals surface area contributed by atoms with Gasteiger partial charge < -0.3 is 4.90 Å². The quantitative estimate of drug-likeness (QED) is 0.647. The van der Waals surface area contributed by atoms with Crippen molar-refractivity contribution in [2.75, 3.05) is 19.6 Å². The average Bonchev–Trinajstić information content (AvgIpc) is 1.90. The van der Waals surface area contributed by atoms with Gasteiger partial charge in [-0.3, -0.25) is 0 Å². The Morgan fingerprint density at radius 3 is 1.09 bits per heavy atom. The molecule has 0 N–H and O–H groups in total. The van der Waals surface area contributed by atoms with Gasteiger partial charge >= 0.3 is 0 Å². The van der Waals surface area contributed by atoms with Crippen molar-refractivity contribution in [1.29, 1.82) is 0 Å². The van der Waals surface area contributed by atoms with Gasteiger partial charge in [-0.2, -0.15) is 0 Å². The predicted octanol–water partition coefficient (Wildman–Crippen LogP) is 4.75. The SMILES string of the molecule is BrP(Br)Br.CCN(CC)CC. The minimum Gasteiger partial charge on any atom is -0.304 e. The van der Waals surface area contributed by atoms with Crippen LogP contribution in [-0.2, 0) is 0 Å². The van der Waals surface area contributed by atoms with Gasteiger partial charge in [0.2, 0.25) is 0 Å². The number of halogens is 3. The van der Waals surface area contributed by atoms with E-state index in [0.717, 1.165) is 0 Å². The lowest BCUT2D eigenvalue weighted by atomic mass is 10.5. The van der Waals surface area contributed by atoms with Crippen LogP contribution in [0.15, 0.2) is 0 Å². The molecule has 0 amide bonds. The zero-order valence-corrected chi connectivity index (χ0v) is 12.8. The molecule has 0 aliphatic rings. The Hall–Kier alpha value is 1.83. The van der Waals surface area contributed by atoms with Crippen molar-refractivity contribution in [1.82, 2.24) is 4.90 Å². The van der Waals surface area contributed by atoms with E-state index in [1.54, 1.807) is 0 Å². The molecule has 0 aromatic rings. The largest absolute Gasteiger partial charge is 0.304 e. The molecule has 1 nitrogen and oxygen atoms in total. The van der Waals surface area contributed by atoms with Crippen LogP contribution in [0.5, 0.6) is 0 Å². The van der Waals surface area contributed by atoms with Gasteiger partial charge in [0.25, 0.3) is 0 Å². The van der Waals surface area contributed by atoms with Crippen molar-refractivity contribution >= 4 is 50.5 Å². The van der Waals surface area contributed by atoms with Crippen molar-refractivity contribution < 1.29 is 0 Å². The first-order valence-corrected chi connectivity index (χ1v) is 11.0. The van der Waals surface area contributed by atoms with Gasteiger partial charge in [-0.1, -0.05) is 20.8 Å². The molecule has 5 heteroatoms. The van der Waals surface area contributed by atoms with Crippen molar-refractivity contribution in [3.8, 4) is 0 Å². The summed E-state index contributed by atoms with van der Waals surface area (Å²) in [5.41, 5.74) is 0. The summed E-state index contributed by atoms with van der Waals surface area (Å²) in [6, 6.07) is 0. The maximum Gasteiger partial charge on any atom is 0.103 e. The highest BCUT2D eigenvalue weighted by atomic mass is 80.0. The zero-order valence-electron chi connectivity index (χ0n) is 7.15. The lowest BCUT2D eigenvalue weighted by Gasteiger charge is -2.13. The molecule has 0 spiro atoms. The van der Waals surface area contributed by atoms with Gasteiger partial charge in [-0.15, -0.1) is 0 Å². The smallest absolute Gasteiger partial charge is 0.103 e. The molecule has 0 fully saturated rings. The Kier molecular flexibility index (Phi) is 16.5. The minimum absolute atomic E-state index is 0.183. The fraction of sp³-hybridized carbons (Fsp3) is 1.00. The Bertz CT molecular complexity index is 60.6. The topological polar surface area (TPSA) is 3.24 Å². The van der Waals surface area contributed by atoms with E-state index in [1.807, 2.05) is 0 Å². The van der Waals surface area contributed by atoms with Crippen LogP contribution in [0.4, 0.5) is 0 Å². The van der Waals surface area contributed by atoms with E-state index in [4.69, 9.17) is 0 Å². The van der Waals surface area contributed by atoms with E-state index in [-0.39, 0.29) is 4.03 Å². The van der Waals surface area contributed by atoms with E-state index in [0.29, 0.717) is 0 Å². The van der Waals surface area contributed by atoms with Gasteiger partial charge in [-0.25, -0.2) is 0 Å². The fourth-order valence-corrected chi connectivity index (χ4v) is 0.671. The third kappa shape index (κ3) is 18.6.